The van der Waals surface area contributed by atoms with Crippen molar-refractivity contribution in [2.45, 2.75) is 32.9 Å². The van der Waals surface area contributed by atoms with Crippen molar-refractivity contribution >= 4 is 11.6 Å². The van der Waals surface area contributed by atoms with Gasteiger partial charge < -0.3 is 14.9 Å². The monoisotopic (exact) mass is 274 g/mol. The Bertz CT molecular complexity index is 593. The number of hydrogen-bond donors (Lipinski definition) is 2. The minimum atomic E-state index is 0.698. The summed E-state index contributed by atoms with van der Waals surface area (Å²) in [5.41, 5.74) is 3.72. The third-order valence-electron chi connectivity index (χ3n) is 3.50. The molecular weight excluding hydrogens is 256 g/mol. The predicted molar refractivity (Wildman–Crippen MR) is 74.9 cm³/mol. The molecule has 1 aliphatic rings. The van der Waals surface area contributed by atoms with Gasteiger partial charge in [0.05, 0.1) is 6.54 Å². The number of hydrogen-bond acceptors (Lipinski definition) is 7. The number of hydrazine groups is 1. The zero-order valence-electron chi connectivity index (χ0n) is 11.5. The number of aromatic nitrogens is 5. The Balaban J connectivity index is 1.94. The minimum absolute atomic E-state index is 0.698. The van der Waals surface area contributed by atoms with Crippen molar-refractivity contribution < 1.29 is 0 Å². The maximum Gasteiger partial charge on any atom is 0.152 e. The lowest BCUT2D eigenvalue weighted by molar-refractivity contribution is 0.554. The van der Waals surface area contributed by atoms with E-state index in [9.17, 15) is 0 Å². The Labute approximate surface area is 117 Å². The second-order valence-electron chi connectivity index (χ2n) is 4.78. The van der Waals surface area contributed by atoms with E-state index >= 15 is 0 Å². The number of fused-ring (bicyclic) bond motifs is 1. The molecule has 3 N–H and O–H groups in total. The Morgan fingerprint density at radius 3 is 3.05 bits per heavy atom. The van der Waals surface area contributed by atoms with E-state index < -0.39 is 0 Å². The summed E-state index contributed by atoms with van der Waals surface area (Å²) >= 11 is 0. The molecule has 0 atom stereocenters. The topological polar surface area (TPSA) is 97.8 Å². The molecule has 0 amide bonds. The van der Waals surface area contributed by atoms with E-state index in [1.165, 1.54) is 0 Å². The highest BCUT2D eigenvalue weighted by Gasteiger charge is 2.22. The number of anilines is 2. The predicted octanol–water partition coefficient (Wildman–Crippen LogP) is 0.326. The van der Waals surface area contributed by atoms with Crippen molar-refractivity contribution in [3.8, 4) is 0 Å². The van der Waals surface area contributed by atoms with Crippen LogP contribution < -0.4 is 16.2 Å². The summed E-state index contributed by atoms with van der Waals surface area (Å²) in [6.07, 6.45) is 5.22. The molecule has 0 radical (unpaired) electrons. The summed E-state index contributed by atoms with van der Waals surface area (Å²) in [5, 5.41) is 8.08. The molecule has 1 aliphatic heterocycles. The van der Waals surface area contributed by atoms with Crippen molar-refractivity contribution in [1.82, 2.24) is 24.7 Å². The number of nitrogens with two attached hydrogens (primary N) is 1. The maximum atomic E-state index is 5.55. The summed E-state index contributed by atoms with van der Waals surface area (Å²) in [6.45, 7) is 4.58. The molecule has 0 saturated heterocycles. The highest BCUT2D eigenvalue weighted by Crippen LogP contribution is 2.26. The molecule has 0 spiro atoms. The smallest absolute Gasteiger partial charge is 0.152 e. The van der Waals surface area contributed by atoms with E-state index in [0.717, 1.165) is 43.1 Å². The molecule has 0 aliphatic carbocycles. The van der Waals surface area contributed by atoms with Gasteiger partial charge in [-0.05, 0) is 6.42 Å². The van der Waals surface area contributed by atoms with Gasteiger partial charge in [-0.3, -0.25) is 0 Å². The lowest BCUT2D eigenvalue weighted by Gasteiger charge is -2.29. The van der Waals surface area contributed by atoms with Crippen molar-refractivity contribution in [1.29, 1.82) is 0 Å². The van der Waals surface area contributed by atoms with E-state index in [4.69, 9.17) is 5.84 Å². The first-order valence-corrected chi connectivity index (χ1v) is 6.75. The minimum Gasteiger partial charge on any atom is -0.347 e. The van der Waals surface area contributed by atoms with Crippen LogP contribution in [0.5, 0.6) is 0 Å². The molecule has 8 heteroatoms. The van der Waals surface area contributed by atoms with E-state index in [2.05, 4.69) is 42.0 Å². The second-order valence-corrected chi connectivity index (χ2v) is 4.78. The van der Waals surface area contributed by atoms with Crippen LogP contribution in [0.4, 0.5) is 11.6 Å². The van der Waals surface area contributed by atoms with E-state index in [1.807, 2.05) is 0 Å². The molecule has 0 bridgehead atoms. The maximum absolute atomic E-state index is 5.55. The molecular formula is C12H18N8. The largest absolute Gasteiger partial charge is 0.347 e. The van der Waals surface area contributed by atoms with Gasteiger partial charge in [-0.15, -0.1) is 10.2 Å². The molecule has 3 rings (SSSR count). The molecule has 2 aromatic rings. The summed E-state index contributed by atoms with van der Waals surface area (Å²) in [4.78, 5) is 10.9. The van der Waals surface area contributed by atoms with Crippen molar-refractivity contribution in [2.75, 3.05) is 16.9 Å². The van der Waals surface area contributed by atoms with Gasteiger partial charge in [0.1, 0.15) is 24.3 Å². The van der Waals surface area contributed by atoms with Crippen LogP contribution in [0.15, 0.2) is 12.7 Å². The molecule has 0 fully saturated rings. The Morgan fingerprint density at radius 1 is 1.35 bits per heavy atom. The quantitative estimate of drug-likeness (QED) is 0.612. The Kier molecular flexibility index (Phi) is 3.46. The summed E-state index contributed by atoms with van der Waals surface area (Å²) < 4.78 is 2.07. The Hall–Kier alpha value is -2.22. The van der Waals surface area contributed by atoms with Crippen LogP contribution in [0.1, 0.15) is 24.7 Å². The number of nitrogen functional groups attached to an aromatic ring is 1. The van der Waals surface area contributed by atoms with Crippen molar-refractivity contribution in [3.05, 3.63) is 24.0 Å². The average Bonchev–Trinajstić information content (AvgIpc) is 2.95. The van der Waals surface area contributed by atoms with Crippen molar-refractivity contribution in [2.24, 2.45) is 5.84 Å². The summed E-state index contributed by atoms with van der Waals surface area (Å²) in [5.74, 6) is 8.14. The number of rotatable bonds is 4. The van der Waals surface area contributed by atoms with Gasteiger partial charge in [-0.2, -0.15) is 0 Å². The van der Waals surface area contributed by atoms with Gasteiger partial charge in [0.25, 0.3) is 0 Å². The first-order valence-electron chi connectivity index (χ1n) is 6.75. The molecule has 2 aromatic heterocycles. The first-order chi connectivity index (χ1) is 9.83. The van der Waals surface area contributed by atoms with Crippen LogP contribution in [0.2, 0.25) is 0 Å². The van der Waals surface area contributed by atoms with Gasteiger partial charge in [0, 0.05) is 18.7 Å². The van der Waals surface area contributed by atoms with Crippen LogP contribution >= 0.6 is 0 Å². The van der Waals surface area contributed by atoms with Crippen LogP contribution in [-0.2, 0) is 19.5 Å². The number of nitrogens with one attached hydrogen (secondary N) is 1. The zero-order valence-corrected chi connectivity index (χ0v) is 11.5. The average molecular weight is 274 g/mol. The van der Waals surface area contributed by atoms with Gasteiger partial charge in [0.15, 0.2) is 5.82 Å². The molecule has 0 unspecified atom stereocenters. The lowest BCUT2D eigenvalue weighted by Crippen LogP contribution is -2.35. The van der Waals surface area contributed by atoms with Crippen LogP contribution in [0.3, 0.4) is 0 Å². The van der Waals surface area contributed by atoms with E-state index in [0.29, 0.717) is 12.4 Å². The highest BCUT2D eigenvalue weighted by atomic mass is 15.3. The SMILES string of the molecule is CCCc1c(NN)ncnc1N1CCn2cnnc2C1. The fraction of sp³-hybridized carbons (Fsp3) is 0.500. The van der Waals surface area contributed by atoms with Gasteiger partial charge in [-0.1, -0.05) is 13.3 Å². The molecule has 106 valence electrons. The van der Waals surface area contributed by atoms with Crippen LogP contribution in [0.25, 0.3) is 0 Å². The second kappa shape index (κ2) is 5.41. The van der Waals surface area contributed by atoms with Gasteiger partial charge in [0.2, 0.25) is 0 Å². The van der Waals surface area contributed by atoms with Gasteiger partial charge in [-0.25, -0.2) is 15.8 Å². The van der Waals surface area contributed by atoms with E-state index in [-0.39, 0.29) is 0 Å². The van der Waals surface area contributed by atoms with Gasteiger partial charge >= 0.3 is 0 Å². The molecule has 3 heterocycles. The number of nitrogens with zero attached hydrogens (tertiary/aromatic N) is 6. The normalized spacial score (nSPS) is 14.2. The fourth-order valence-electron chi connectivity index (χ4n) is 2.53. The lowest BCUT2D eigenvalue weighted by atomic mass is 10.1. The third-order valence-corrected chi connectivity index (χ3v) is 3.50. The summed E-state index contributed by atoms with van der Waals surface area (Å²) in [7, 11) is 0. The standard InChI is InChI=1S/C12H18N8/c1-2-3-9-11(17-13)14-7-15-12(9)19-4-5-20-8-16-18-10(20)6-19/h7-8H,2-6,13H2,1H3,(H,14,15,17). The molecule has 0 aromatic carbocycles. The molecule has 8 nitrogen and oxygen atoms in total. The van der Waals surface area contributed by atoms with Crippen molar-refractivity contribution in [3.63, 3.8) is 0 Å². The molecule has 20 heavy (non-hydrogen) atoms. The first kappa shape index (κ1) is 12.8. The third kappa shape index (κ3) is 2.18. The van der Waals surface area contributed by atoms with E-state index in [1.54, 1.807) is 12.7 Å². The Morgan fingerprint density at radius 2 is 2.25 bits per heavy atom. The fourth-order valence-corrected chi connectivity index (χ4v) is 2.53. The highest BCUT2D eigenvalue weighted by molar-refractivity contribution is 5.58. The summed E-state index contributed by atoms with van der Waals surface area (Å²) in [6, 6.07) is 0. The van der Waals surface area contributed by atoms with Crippen LogP contribution in [0, 0.1) is 0 Å². The molecule has 0 saturated carbocycles. The zero-order chi connectivity index (χ0) is 13.9. The van der Waals surface area contributed by atoms with Crippen LogP contribution in [-0.4, -0.2) is 31.3 Å².